The monoisotopic (exact) mass is 423 g/mol. The van der Waals surface area contributed by atoms with Gasteiger partial charge in [0.2, 0.25) is 5.91 Å². The number of hydrogen-bond donors (Lipinski definition) is 1. The van der Waals surface area contributed by atoms with Gasteiger partial charge in [-0.3, -0.25) is 9.89 Å². The van der Waals surface area contributed by atoms with Gasteiger partial charge >= 0.3 is 0 Å². The first-order valence-corrected chi connectivity index (χ1v) is 9.66. The molecule has 1 aliphatic heterocycles. The van der Waals surface area contributed by atoms with E-state index in [1.54, 1.807) is 4.90 Å². The lowest BCUT2D eigenvalue weighted by Gasteiger charge is -2.16. The van der Waals surface area contributed by atoms with Crippen molar-refractivity contribution in [3.8, 4) is 22.8 Å². The molecule has 0 saturated carbocycles. The smallest absolute Gasteiger partial charge is 0.275 e. The zero-order valence-corrected chi connectivity index (χ0v) is 16.3. The van der Waals surface area contributed by atoms with Crippen molar-refractivity contribution >= 4 is 23.2 Å². The van der Waals surface area contributed by atoms with Gasteiger partial charge in [0.15, 0.2) is 5.82 Å². The maximum Gasteiger partial charge on any atom is 0.275 e. The SMILES string of the molecule is O=C1CC(c2noc(-c3cc(-c4ccccc4)n[nH]3)n2)CN1c1ccc(F)c(Cl)c1. The van der Waals surface area contributed by atoms with Gasteiger partial charge in [0.1, 0.15) is 11.5 Å². The van der Waals surface area contributed by atoms with Crippen molar-refractivity contribution in [3.63, 3.8) is 0 Å². The molecular formula is C21H15ClFN5O2. The minimum absolute atomic E-state index is 0.0286. The van der Waals surface area contributed by atoms with Crippen LogP contribution in [0.3, 0.4) is 0 Å². The molecule has 2 aromatic heterocycles. The summed E-state index contributed by atoms with van der Waals surface area (Å²) >= 11 is 5.85. The predicted octanol–water partition coefficient (Wildman–Crippen LogP) is 4.44. The first-order chi connectivity index (χ1) is 14.6. The Bertz CT molecular complexity index is 1220. The Labute approximate surface area is 175 Å². The van der Waals surface area contributed by atoms with E-state index >= 15 is 0 Å². The van der Waals surface area contributed by atoms with Crippen LogP contribution in [0, 0.1) is 5.82 Å². The van der Waals surface area contributed by atoms with Gasteiger partial charge in [-0.05, 0) is 24.3 Å². The highest BCUT2D eigenvalue weighted by molar-refractivity contribution is 6.31. The number of aromatic amines is 1. The second kappa shape index (κ2) is 7.38. The van der Waals surface area contributed by atoms with E-state index in [0.717, 1.165) is 11.3 Å². The molecular weight excluding hydrogens is 409 g/mol. The van der Waals surface area contributed by atoms with Crippen LogP contribution >= 0.6 is 11.6 Å². The van der Waals surface area contributed by atoms with Crippen molar-refractivity contribution in [2.45, 2.75) is 12.3 Å². The summed E-state index contributed by atoms with van der Waals surface area (Å²) in [6, 6.07) is 15.8. The highest BCUT2D eigenvalue weighted by Gasteiger charge is 2.35. The van der Waals surface area contributed by atoms with E-state index in [2.05, 4.69) is 20.3 Å². The number of amides is 1. The number of aromatic nitrogens is 4. The Kier molecular flexibility index (Phi) is 4.55. The summed E-state index contributed by atoms with van der Waals surface area (Å²) in [5, 5.41) is 11.2. The van der Waals surface area contributed by atoms with Gasteiger partial charge in [0.05, 0.1) is 10.7 Å². The number of H-pyrrole nitrogens is 1. The maximum absolute atomic E-state index is 13.4. The Morgan fingerprint density at radius 2 is 2.00 bits per heavy atom. The Morgan fingerprint density at radius 1 is 1.17 bits per heavy atom. The zero-order valence-electron chi connectivity index (χ0n) is 15.5. The number of carbonyl (C=O) groups excluding carboxylic acids is 1. The molecule has 150 valence electrons. The molecule has 1 unspecified atom stereocenters. The number of benzene rings is 2. The number of rotatable bonds is 4. The molecule has 1 fully saturated rings. The number of carbonyl (C=O) groups is 1. The standard InChI is InChI=1S/C21H15ClFN5O2/c22-15-9-14(6-7-16(15)23)28-11-13(8-19(28)29)20-24-21(30-27-20)18-10-17(25-26-18)12-4-2-1-3-5-12/h1-7,9-10,13H,8,11H2,(H,25,26). The average Bonchev–Trinajstić information content (AvgIpc) is 3.49. The van der Waals surface area contributed by atoms with Gasteiger partial charge in [-0.1, -0.05) is 47.1 Å². The molecule has 1 aliphatic rings. The van der Waals surface area contributed by atoms with E-state index in [-0.39, 0.29) is 23.3 Å². The van der Waals surface area contributed by atoms with Crippen LogP contribution in [0.4, 0.5) is 10.1 Å². The van der Waals surface area contributed by atoms with Crippen LogP contribution in [-0.2, 0) is 4.79 Å². The van der Waals surface area contributed by atoms with E-state index in [4.69, 9.17) is 16.1 Å². The number of nitrogens with zero attached hydrogens (tertiary/aromatic N) is 4. The van der Waals surface area contributed by atoms with Crippen molar-refractivity contribution < 1.29 is 13.7 Å². The van der Waals surface area contributed by atoms with Crippen molar-refractivity contribution in [1.29, 1.82) is 0 Å². The lowest BCUT2D eigenvalue weighted by atomic mass is 10.1. The third-order valence-electron chi connectivity index (χ3n) is 5.02. The topological polar surface area (TPSA) is 87.9 Å². The number of nitrogens with one attached hydrogen (secondary N) is 1. The van der Waals surface area contributed by atoms with E-state index < -0.39 is 5.82 Å². The summed E-state index contributed by atoms with van der Waals surface area (Å²) in [5.41, 5.74) is 2.87. The normalized spacial score (nSPS) is 16.4. The van der Waals surface area contributed by atoms with Gasteiger partial charge in [-0.2, -0.15) is 10.1 Å². The van der Waals surface area contributed by atoms with Gasteiger partial charge in [0, 0.05) is 30.1 Å². The molecule has 7 nitrogen and oxygen atoms in total. The van der Waals surface area contributed by atoms with Crippen LogP contribution in [0.15, 0.2) is 59.1 Å². The fraction of sp³-hybridized carbons (Fsp3) is 0.143. The van der Waals surface area contributed by atoms with Crippen LogP contribution in [0.5, 0.6) is 0 Å². The van der Waals surface area contributed by atoms with E-state index in [0.29, 0.717) is 29.6 Å². The van der Waals surface area contributed by atoms with Crippen molar-refractivity contribution in [2.75, 3.05) is 11.4 Å². The quantitative estimate of drug-likeness (QED) is 0.524. The third kappa shape index (κ3) is 3.35. The number of anilines is 1. The fourth-order valence-corrected chi connectivity index (χ4v) is 3.66. The Hall–Kier alpha value is -3.52. The molecule has 1 atom stereocenters. The molecule has 0 aliphatic carbocycles. The van der Waals surface area contributed by atoms with Crippen LogP contribution in [0.25, 0.3) is 22.8 Å². The van der Waals surface area contributed by atoms with Crippen molar-refractivity contribution in [2.24, 2.45) is 0 Å². The summed E-state index contributed by atoms with van der Waals surface area (Å²) < 4.78 is 18.8. The van der Waals surface area contributed by atoms with Gasteiger partial charge < -0.3 is 9.42 Å². The molecule has 1 saturated heterocycles. The van der Waals surface area contributed by atoms with Crippen molar-refractivity contribution in [3.05, 3.63) is 71.3 Å². The third-order valence-corrected chi connectivity index (χ3v) is 5.31. The summed E-state index contributed by atoms with van der Waals surface area (Å²) in [6.07, 6.45) is 0.228. The lowest BCUT2D eigenvalue weighted by molar-refractivity contribution is -0.117. The fourth-order valence-electron chi connectivity index (χ4n) is 3.48. The Balaban J connectivity index is 1.35. The summed E-state index contributed by atoms with van der Waals surface area (Å²) in [6.45, 7) is 0.359. The molecule has 0 radical (unpaired) electrons. The van der Waals surface area contributed by atoms with Crippen LogP contribution in [0.2, 0.25) is 5.02 Å². The predicted molar refractivity (Wildman–Crippen MR) is 108 cm³/mol. The summed E-state index contributed by atoms with van der Waals surface area (Å²) in [5.74, 6) is -0.140. The molecule has 5 rings (SSSR count). The summed E-state index contributed by atoms with van der Waals surface area (Å²) in [4.78, 5) is 18.5. The molecule has 4 aromatic rings. The molecule has 2 aromatic carbocycles. The van der Waals surface area contributed by atoms with Gasteiger partial charge in [-0.25, -0.2) is 4.39 Å². The van der Waals surface area contributed by atoms with Crippen LogP contribution in [-0.4, -0.2) is 32.8 Å². The molecule has 30 heavy (non-hydrogen) atoms. The lowest BCUT2D eigenvalue weighted by Crippen LogP contribution is -2.24. The van der Waals surface area contributed by atoms with Crippen LogP contribution in [0.1, 0.15) is 18.2 Å². The van der Waals surface area contributed by atoms with E-state index in [1.165, 1.54) is 18.2 Å². The first kappa shape index (κ1) is 18.5. The minimum atomic E-state index is -0.527. The molecule has 1 N–H and O–H groups in total. The highest BCUT2D eigenvalue weighted by Crippen LogP contribution is 2.33. The summed E-state index contributed by atoms with van der Waals surface area (Å²) in [7, 11) is 0. The minimum Gasteiger partial charge on any atom is -0.332 e. The number of halogens is 2. The molecule has 3 heterocycles. The second-order valence-corrected chi connectivity index (χ2v) is 7.40. The average molecular weight is 424 g/mol. The number of hydrogen-bond acceptors (Lipinski definition) is 5. The van der Waals surface area contributed by atoms with Gasteiger partial charge in [0.25, 0.3) is 5.89 Å². The largest absolute Gasteiger partial charge is 0.332 e. The Morgan fingerprint density at radius 3 is 2.80 bits per heavy atom. The molecule has 0 spiro atoms. The highest BCUT2D eigenvalue weighted by atomic mass is 35.5. The van der Waals surface area contributed by atoms with Crippen LogP contribution < -0.4 is 4.90 Å². The van der Waals surface area contributed by atoms with E-state index in [1.807, 2.05) is 36.4 Å². The first-order valence-electron chi connectivity index (χ1n) is 9.29. The maximum atomic E-state index is 13.4. The molecule has 9 heteroatoms. The molecule has 0 bridgehead atoms. The zero-order chi connectivity index (χ0) is 20.7. The second-order valence-electron chi connectivity index (χ2n) is 6.99. The van der Waals surface area contributed by atoms with Crippen molar-refractivity contribution in [1.82, 2.24) is 20.3 Å². The van der Waals surface area contributed by atoms with E-state index in [9.17, 15) is 9.18 Å². The molecule has 1 amide bonds. The van der Waals surface area contributed by atoms with Gasteiger partial charge in [-0.15, -0.1) is 0 Å².